The number of benzene rings is 1. The molecule has 0 fully saturated rings. The van der Waals surface area contributed by atoms with E-state index in [0.717, 1.165) is 5.01 Å². The molecular weight excluding hydrogens is 418 g/mol. The molecule has 1 amide bonds. The summed E-state index contributed by atoms with van der Waals surface area (Å²) in [6.07, 6.45) is 0. The zero-order chi connectivity index (χ0) is 22.9. The predicted molar refractivity (Wildman–Crippen MR) is 116 cm³/mol. The molecule has 2 aromatic rings. The van der Waals surface area contributed by atoms with Crippen molar-refractivity contribution >= 4 is 29.0 Å². The van der Waals surface area contributed by atoms with E-state index in [2.05, 4.69) is 4.98 Å². The topological polar surface area (TPSA) is 100 Å². The number of hydrogen-bond donors (Lipinski definition) is 1. The van der Waals surface area contributed by atoms with E-state index in [9.17, 15) is 19.5 Å². The normalized spacial score (nSPS) is 16.4. The van der Waals surface area contributed by atoms with Crippen molar-refractivity contribution in [2.24, 2.45) is 0 Å². The van der Waals surface area contributed by atoms with E-state index in [1.165, 1.54) is 23.2 Å². The van der Waals surface area contributed by atoms with Crippen molar-refractivity contribution in [3.63, 3.8) is 0 Å². The SMILES string of the molecule is CC(=O)Oc1cccc(C2C(C(=O)c3sc(C)nc3C)=C(O)C(=O)N2CCN(C)C)c1. The van der Waals surface area contributed by atoms with Crippen LogP contribution in [0.25, 0.3) is 0 Å². The minimum absolute atomic E-state index is 0.00970. The van der Waals surface area contributed by atoms with E-state index in [1.54, 1.807) is 38.1 Å². The third kappa shape index (κ3) is 4.67. The fraction of sp³-hybridized carbons (Fsp3) is 0.364. The highest BCUT2D eigenvalue weighted by atomic mass is 32.1. The molecule has 8 nitrogen and oxygen atoms in total. The Hall–Kier alpha value is -3.04. The highest BCUT2D eigenvalue weighted by molar-refractivity contribution is 7.14. The first-order valence-corrected chi connectivity index (χ1v) is 10.6. The summed E-state index contributed by atoms with van der Waals surface area (Å²) in [6, 6.07) is 5.84. The lowest BCUT2D eigenvalue weighted by Crippen LogP contribution is -2.36. The van der Waals surface area contributed by atoms with E-state index in [-0.39, 0.29) is 5.57 Å². The van der Waals surface area contributed by atoms with Crippen LogP contribution in [0.5, 0.6) is 5.75 Å². The fourth-order valence-corrected chi connectivity index (χ4v) is 4.42. The van der Waals surface area contributed by atoms with Crippen molar-refractivity contribution in [3.05, 3.63) is 56.7 Å². The minimum atomic E-state index is -0.808. The number of thiazole rings is 1. The molecule has 1 aromatic carbocycles. The number of amides is 1. The molecule has 1 unspecified atom stereocenters. The average molecular weight is 444 g/mol. The van der Waals surface area contributed by atoms with Crippen LogP contribution in [0.2, 0.25) is 0 Å². The molecule has 164 valence electrons. The predicted octanol–water partition coefficient (Wildman–Crippen LogP) is 2.83. The number of likely N-dealkylation sites (N-methyl/N-ethyl adjacent to an activating group) is 1. The van der Waals surface area contributed by atoms with Crippen LogP contribution in [0.3, 0.4) is 0 Å². The summed E-state index contributed by atoms with van der Waals surface area (Å²) in [5.41, 5.74) is 1.13. The fourth-order valence-electron chi connectivity index (χ4n) is 3.55. The first-order valence-electron chi connectivity index (χ1n) is 9.76. The molecule has 3 rings (SSSR count). The lowest BCUT2D eigenvalue weighted by Gasteiger charge is -2.28. The summed E-state index contributed by atoms with van der Waals surface area (Å²) in [5, 5.41) is 11.4. The van der Waals surface area contributed by atoms with E-state index >= 15 is 0 Å². The van der Waals surface area contributed by atoms with Crippen molar-refractivity contribution in [3.8, 4) is 5.75 Å². The number of Topliss-reactive ketones (excluding diaryl/α,β-unsaturated/α-hetero) is 1. The quantitative estimate of drug-likeness (QED) is 0.399. The zero-order valence-corrected chi connectivity index (χ0v) is 18.9. The van der Waals surface area contributed by atoms with Crippen LogP contribution in [0.1, 0.15) is 38.9 Å². The van der Waals surface area contributed by atoms with Gasteiger partial charge in [0, 0.05) is 20.0 Å². The molecule has 0 spiro atoms. The van der Waals surface area contributed by atoms with Gasteiger partial charge in [-0.25, -0.2) is 4.98 Å². The Morgan fingerprint density at radius 3 is 2.58 bits per heavy atom. The summed E-state index contributed by atoms with van der Waals surface area (Å²) >= 11 is 1.23. The van der Waals surface area contributed by atoms with E-state index < -0.39 is 29.5 Å². The molecule has 0 saturated heterocycles. The van der Waals surface area contributed by atoms with Gasteiger partial charge in [-0.15, -0.1) is 11.3 Å². The third-order valence-corrected chi connectivity index (χ3v) is 5.95. The van der Waals surface area contributed by atoms with Crippen LogP contribution in [0.4, 0.5) is 0 Å². The number of aromatic nitrogens is 1. The molecule has 1 aliphatic rings. The minimum Gasteiger partial charge on any atom is -0.503 e. The molecule has 2 heterocycles. The van der Waals surface area contributed by atoms with Crippen LogP contribution in [0.15, 0.2) is 35.6 Å². The standard InChI is InChI=1S/C22H25N3O5S/c1-12-21(31-13(2)23-12)19(27)17-18(15-7-6-8-16(11-15)30-14(3)26)25(10-9-24(4)5)22(29)20(17)28/h6-8,11,18,28H,9-10H2,1-5H3. The first kappa shape index (κ1) is 22.6. The second kappa shape index (κ2) is 8.99. The van der Waals surface area contributed by atoms with E-state index in [0.29, 0.717) is 35.0 Å². The van der Waals surface area contributed by atoms with Crippen LogP contribution in [-0.2, 0) is 9.59 Å². The Kier molecular flexibility index (Phi) is 6.56. The monoisotopic (exact) mass is 443 g/mol. The van der Waals surface area contributed by atoms with E-state index in [4.69, 9.17) is 4.74 Å². The third-order valence-electron chi connectivity index (χ3n) is 4.88. The highest BCUT2D eigenvalue weighted by Crippen LogP contribution is 2.40. The second-order valence-electron chi connectivity index (χ2n) is 7.61. The largest absolute Gasteiger partial charge is 0.503 e. The number of ether oxygens (including phenoxy) is 1. The molecule has 9 heteroatoms. The zero-order valence-electron chi connectivity index (χ0n) is 18.1. The van der Waals surface area contributed by atoms with Crippen molar-refractivity contribution in [2.75, 3.05) is 27.2 Å². The number of ketones is 1. The Labute approximate surface area is 184 Å². The van der Waals surface area contributed by atoms with Gasteiger partial charge >= 0.3 is 5.97 Å². The number of esters is 1. The molecule has 1 aliphatic heterocycles. The van der Waals surface area contributed by atoms with Crippen LogP contribution in [0, 0.1) is 13.8 Å². The summed E-state index contributed by atoms with van der Waals surface area (Å²) in [7, 11) is 3.75. The molecule has 0 aliphatic carbocycles. The van der Waals surface area contributed by atoms with Crippen LogP contribution in [-0.4, -0.2) is 64.7 Å². The van der Waals surface area contributed by atoms with Gasteiger partial charge in [-0.2, -0.15) is 0 Å². The second-order valence-corrected chi connectivity index (χ2v) is 8.81. The summed E-state index contributed by atoms with van der Waals surface area (Å²) in [5.74, 6) is -1.77. The van der Waals surface area contributed by atoms with Gasteiger partial charge in [0.2, 0.25) is 5.78 Å². The lowest BCUT2D eigenvalue weighted by atomic mass is 9.95. The smallest absolute Gasteiger partial charge is 0.308 e. The van der Waals surface area contributed by atoms with Crippen molar-refractivity contribution < 1.29 is 24.2 Å². The maximum atomic E-state index is 13.4. The Morgan fingerprint density at radius 2 is 2.00 bits per heavy atom. The van der Waals surface area contributed by atoms with Gasteiger partial charge in [0.05, 0.1) is 27.2 Å². The van der Waals surface area contributed by atoms with Crippen LogP contribution < -0.4 is 4.74 Å². The van der Waals surface area contributed by atoms with Crippen molar-refractivity contribution in [2.45, 2.75) is 26.8 Å². The molecule has 31 heavy (non-hydrogen) atoms. The maximum Gasteiger partial charge on any atom is 0.308 e. The van der Waals surface area contributed by atoms with Gasteiger partial charge in [0.25, 0.3) is 5.91 Å². The first-order chi connectivity index (χ1) is 14.6. The number of rotatable bonds is 7. The molecular formula is C22H25N3O5S. The number of carbonyl (C=O) groups excluding carboxylic acids is 3. The van der Waals surface area contributed by atoms with Gasteiger partial charge in [0.1, 0.15) is 5.75 Å². The van der Waals surface area contributed by atoms with Gasteiger partial charge < -0.3 is 19.6 Å². The van der Waals surface area contributed by atoms with Crippen molar-refractivity contribution in [1.82, 2.24) is 14.8 Å². The van der Waals surface area contributed by atoms with Crippen molar-refractivity contribution in [1.29, 1.82) is 0 Å². The van der Waals surface area contributed by atoms with Gasteiger partial charge in [-0.05, 0) is 45.6 Å². The highest BCUT2D eigenvalue weighted by Gasteiger charge is 2.44. The molecule has 0 bridgehead atoms. The number of nitrogens with zero attached hydrogens (tertiary/aromatic N) is 3. The lowest BCUT2D eigenvalue weighted by molar-refractivity contribution is -0.132. The number of aliphatic hydroxyl groups is 1. The number of carbonyl (C=O) groups is 3. The average Bonchev–Trinajstić information content (AvgIpc) is 3.15. The number of aliphatic hydroxyl groups excluding tert-OH is 1. The van der Waals surface area contributed by atoms with E-state index in [1.807, 2.05) is 19.0 Å². The Bertz CT molecular complexity index is 1070. The summed E-state index contributed by atoms with van der Waals surface area (Å²) in [6.45, 7) is 5.66. The van der Waals surface area contributed by atoms with Gasteiger partial charge in [0.15, 0.2) is 5.76 Å². The van der Waals surface area contributed by atoms with Gasteiger partial charge in [-0.3, -0.25) is 14.4 Å². The Morgan fingerprint density at radius 1 is 1.29 bits per heavy atom. The number of hydrogen-bond acceptors (Lipinski definition) is 8. The van der Waals surface area contributed by atoms with Gasteiger partial charge in [-0.1, -0.05) is 12.1 Å². The molecule has 1 atom stereocenters. The Balaban J connectivity index is 2.10. The number of aryl methyl sites for hydroxylation is 2. The summed E-state index contributed by atoms with van der Waals surface area (Å²) in [4.78, 5) is 45.9. The van der Waals surface area contributed by atoms with Crippen LogP contribution >= 0.6 is 11.3 Å². The molecule has 1 N–H and O–H groups in total. The molecule has 0 saturated carbocycles. The summed E-state index contributed by atoms with van der Waals surface area (Å²) < 4.78 is 5.18. The molecule has 1 aromatic heterocycles. The molecule has 0 radical (unpaired) electrons. The maximum absolute atomic E-state index is 13.4.